The van der Waals surface area contributed by atoms with Crippen molar-refractivity contribution in [3.63, 3.8) is 0 Å². The van der Waals surface area contributed by atoms with Crippen LogP contribution in [0.15, 0.2) is 24.3 Å². The van der Waals surface area contributed by atoms with E-state index in [4.69, 9.17) is 5.11 Å². The zero-order chi connectivity index (χ0) is 15.1. The summed E-state index contributed by atoms with van der Waals surface area (Å²) < 4.78 is 0. The highest BCUT2D eigenvalue weighted by Gasteiger charge is 2.15. The number of likely N-dealkylation sites (N-methyl/N-ethyl adjacent to an activating group) is 1. The van der Waals surface area contributed by atoms with Crippen molar-refractivity contribution in [3.05, 3.63) is 35.4 Å². The minimum atomic E-state index is -0.835. The number of nitrogens with one attached hydrogen (secondary N) is 1. The maximum absolute atomic E-state index is 11.9. The quantitative estimate of drug-likeness (QED) is 0.788. The molecule has 0 aliphatic carbocycles. The molecule has 110 valence electrons. The van der Waals surface area contributed by atoms with Gasteiger partial charge in [0.15, 0.2) is 0 Å². The number of carboxylic acid groups (broad SMARTS) is 1. The van der Waals surface area contributed by atoms with Gasteiger partial charge in [-0.1, -0.05) is 24.3 Å². The van der Waals surface area contributed by atoms with Crippen molar-refractivity contribution >= 4 is 11.9 Å². The normalized spacial score (nSPS) is 11.9. The molecule has 0 aliphatic heterocycles. The van der Waals surface area contributed by atoms with E-state index in [1.807, 2.05) is 26.0 Å². The molecule has 0 heterocycles. The van der Waals surface area contributed by atoms with Crippen LogP contribution in [0.2, 0.25) is 0 Å². The highest BCUT2D eigenvalue weighted by Crippen LogP contribution is 2.06. The Labute approximate surface area is 119 Å². The summed E-state index contributed by atoms with van der Waals surface area (Å²) in [6.45, 7) is 5.05. The van der Waals surface area contributed by atoms with Crippen molar-refractivity contribution in [1.82, 2.24) is 10.2 Å². The SMILES string of the molecule is CCN(C)C(=O)C(C)NCc1ccc(CC(=O)O)cc1. The van der Waals surface area contributed by atoms with Gasteiger partial charge in [-0.3, -0.25) is 9.59 Å². The zero-order valence-corrected chi connectivity index (χ0v) is 12.2. The summed E-state index contributed by atoms with van der Waals surface area (Å²) in [5, 5.41) is 11.9. The molecule has 0 spiro atoms. The van der Waals surface area contributed by atoms with Crippen LogP contribution in [0.3, 0.4) is 0 Å². The largest absolute Gasteiger partial charge is 0.481 e. The van der Waals surface area contributed by atoms with E-state index in [0.29, 0.717) is 13.1 Å². The number of hydrogen-bond acceptors (Lipinski definition) is 3. The summed E-state index contributed by atoms with van der Waals surface area (Å²) in [5.41, 5.74) is 1.80. The van der Waals surface area contributed by atoms with Gasteiger partial charge in [0, 0.05) is 20.1 Å². The summed E-state index contributed by atoms with van der Waals surface area (Å²) in [7, 11) is 1.78. The standard InChI is InChI=1S/C15H22N2O3/c1-4-17(3)15(20)11(2)16-10-13-7-5-12(6-8-13)9-14(18)19/h5-8,11,16H,4,9-10H2,1-3H3,(H,18,19). The molecule has 0 aromatic heterocycles. The van der Waals surface area contributed by atoms with Gasteiger partial charge in [0.2, 0.25) is 5.91 Å². The highest BCUT2D eigenvalue weighted by atomic mass is 16.4. The Balaban J connectivity index is 2.49. The first kappa shape index (κ1) is 16.2. The molecule has 1 aromatic carbocycles. The van der Waals surface area contributed by atoms with Gasteiger partial charge in [-0.2, -0.15) is 0 Å². The van der Waals surface area contributed by atoms with E-state index in [0.717, 1.165) is 11.1 Å². The van der Waals surface area contributed by atoms with Crippen molar-refractivity contribution in [3.8, 4) is 0 Å². The number of benzene rings is 1. The van der Waals surface area contributed by atoms with Gasteiger partial charge in [0.1, 0.15) is 0 Å². The summed E-state index contributed by atoms with van der Waals surface area (Å²) in [5.74, 6) is -0.771. The lowest BCUT2D eigenvalue weighted by Gasteiger charge is -2.20. The van der Waals surface area contributed by atoms with Crippen molar-refractivity contribution in [2.45, 2.75) is 32.9 Å². The van der Waals surface area contributed by atoms with E-state index < -0.39 is 5.97 Å². The average Bonchev–Trinajstić information content (AvgIpc) is 2.44. The molecule has 20 heavy (non-hydrogen) atoms. The fourth-order valence-corrected chi connectivity index (χ4v) is 1.79. The topological polar surface area (TPSA) is 69.6 Å². The van der Waals surface area contributed by atoms with Crippen LogP contribution in [0.5, 0.6) is 0 Å². The number of aliphatic carboxylic acids is 1. The predicted octanol–water partition coefficient (Wildman–Crippen LogP) is 1.27. The van der Waals surface area contributed by atoms with Crippen molar-refractivity contribution in [2.75, 3.05) is 13.6 Å². The molecule has 1 aromatic rings. The van der Waals surface area contributed by atoms with Crippen molar-refractivity contribution < 1.29 is 14.7 Å². The van der Waals surface area contributed by atoms with Gasteiger partial charge in [-0.15, -0.1) is 0 Å². The lowest BCUT2D eigenvalue weighted by atomic mass is 10.1. The first-order valence-electron chi connectivity index (χ1n) is 6.72. The van der Waals surface area contributed by atoms with Crippen molar-refractivity contribution in [2.24, 2.45) is 0 Å². The van der Waals surface area contributed by atoms with Gasteiger partial charge in [0.05, 0.1) is 12.5 Å². The maximum Gasteiger partial charge on any atom is 0.307 e. The van der Waals surface area contributed by atoms with Crippen LogP contribution in [0, 0.1) is 0 Å². The minimum Gasteiger partial charge on any atom is -0.481 e. The number of carbonyl (C=O) groups excluding carboxylic acids is 1. The lowest BCUT2D eigenvalue weighted by molar-refractivity contribution is -0.136. The van der Waals surface area contributed by atoms with E-state index in [-0.39, 0.29) is 18.4 Å². The zero-order valence-electron chi connectivity index (χ0n) is 12.2. The molecule has 1 amide bonds. The highest BCUT2D eigenvalue weighted by molar-refractivity contribution is 5.81. The molecule has 0 bridgehead atoms. The Kier molecular flexibility index (Phi) is 6.18. The van der Waals surface area contributed by atoms with Gasteiger partial charge >= 0.3 is 5.97 Å². The molecular weight excluding hydrogens is 256 g/mol. The van der Waals surface area contributed by atoms with Crippen LogP contribution in [0.4, 0.5) is 0 Å². The van der Waals surface area contributed by atoms with Crippen LogP contribution in [0.25, 0.3) is 0 Å². The van der Waals surface area contributed by atoms with E-state index in [1.165, 1.54) is 0 Å². The molecule has 0 saturated carbocycles. The molecule has 1 rings (SSSR count). The molecule has 5 nitrogen and oxygen atoms in total. The number of amides is 1. The second-order valence-electron chi connectivity index (χ2n) is 4.84. The second kappa shape index (κ2) is 7.65. The molecule has 0 radical (unpaired) electrons. The number of rotatable bonds is 7. The summed E-state index contributed by atoms with van der Waals surface area (Å²) in [6, 6.07) is 7.13. The molecule has 0 saturated heterocycles. The predicted molar refractivity (Wildman–Crippen MR) is 77.4 cm³/mol. The Morgan fingerprint density at radius 3 is 2.30 bits per heavy atom. The first-order valence-corrected chi connectivity index (χ1v) is 6.72. The van der Waals surface area contributed by atoms with Crippen LogP contribution in [-0.2, 0) is 22.6 Å². The monoisotopic (exact) mass is 278 g/mol. The molecule has 5 heteroatoms. The third-order valence-corrected chi connectivity index (χ3v) is 3.21. The fourth-order valence-electron chi connectivity index (χ4n) is 1.79. The number of hydrogen-bond donors (Lipinski definition) is 2. The Morgan fingerprint density at radius 2 is 1.80 bits per heavy atom. The maximum atomic E-state index is 11.9. The molecule has 0 aliphatic rings. The minimum absolute atomic E-state index is 0.0316. The van der Waals surface area contributed by atoms with Gasteiger partial charge in [-0.25, -0.2) is 0 Å². The molecule has 1 atom stereocenters. The summed E-state index contributed by atoms with van der Waals surface area (Å²) >= 11 is 0. The van der Waals surface area contributed by atoms with Gasteiger partial charge < -0.3 is 15.3 Å². The van der Waals surface area contributed by atoms with Crippen molar-refractivity contribution in [1.29, 1.82) is 0 Å². The number of nitrogens with zero attached hydrogens (tertiary/aromatic N) is 1. The Bertz CT molecular complexity index is 457. The molecule has 2 N–H and O–H groups in total. The van der Waals surface area contributed by atoms with E-state index in [1.54, 1.807) is 24.1 Å². The van der Waals surface area contributed by atoms with Crippen LogP contribution >= 0.6 is 0 Å². The Morgan fingerprint density at radius 1 is 1.25 bits per heavy atom. The number of carboxylic acids is 1. The Hall–Kier alpha value is -1.88. The van der Waals surface area contributed by atoms with E-state index in [9.17, 15) is 9.59 Å². The molecule has 0 fully saturated rings. The molecule has 1 unspecified atom stereocenters. The van der Waals surface area contributed by atoms with E-state index >= 15 is 0 Å². The number of carbonyl (C=O) groups is 2. The van der Waals surface area contributed by atoms with Crippen LogP contribution in [0.1, 0.15) is 25.0 Å². The second-order valence-corrected chi connectivity index (χ2v) is 4.84. The smallest absolute Gasteiger partial charge is 0.307 e. The van der Waals surface area contributed by atoms with Crippen LogP contribution < -0.4 is 5.32 Å². The molecular formula is C15H22N2O3. The van der Waals surface area contributed by atoms with Gasteiger partial charge in [-0.05, 0) is 25.0 Å². The van der Waals surface area contributed by atoms with Gasteiger partial charge in [0.25, 0.3) is 0 Å². The van der Waals surface area contributed by atoms with E-state index in [2.05, 4.69) is 5.32 Å². The summed E-state index contributed by atoms with van der Waals surface area (Å²) in [6.07, 6.45) is 0.0316. The fraction of sp³-hybridized carbons (Fsp3) is 0.467. The average molecular weight is 278 g/mol. The van der Waals surface area contributed by atoms with Crippen LogP contribution in [-0.4, -0.2) is 41.5 Å². The third-order valence-electron chi connectivity index (χ3n) is 3.21. The third kappa shape index (κ3) is 5.01. The first-order chi connectivity index (χ1) is 9.43. The lowest BCUT2D eigenvalue weighted by Crippen LogP contribution is -2.42. The summed E-state index contributed by atoms with van der Waals surface area (Å²) in [4.78, 5) is 24.1.